The molecule has 0 aliphatic rings. The highest BCUT2D eigenvalue weighted by atomic mass is 32.2. The van der Waals surface area contributed by atoms with Crippen LogP contribution in [0.3, 0.4) is 0 Å². The largest absolute Gasteiger partial charge is 0.348 e. The number of rotatable bonds is 5. The Kier molecular flexibility index (Phi) is 5.13. The summed E-state index contributed by atoms with van der Waals surface area (Å²) in [5, 5.41) is 2.85. The molecule has 2 heterocycles. The van der Waals surface area contributed by atoms with Crippen LogP contribution in [0.1, 0.15) is 27.0 Å². The predicted octanol–water partition coefficient (Wildman–Crippen LogP) is 3.71. The molecule has 0 radical (unpaired) electrons. The first-order valence-corrected chi connectivity index (χ1v) is 10.9. The van der Waals surface area contributed by atoms with Gasteiger partial charge in [0.25, 0.3) is 5.91 Å². The maximum Gasteiger partial charge on any atom is 0.253 e. The van der Waals surface area contributed by atoms with Gasteiger partial charge in [0.05, 0.1) is 15.4 Å². The first kappa shape index (κ1) is 19.8. The van der Waals surface area contributed by atoms with Gasteiger partial charge in [0.2, 0.25) is 9.84 Å². The number of nitrogens with zero attached hydrogens (tertiary/aromatic N) is 2. The monoisotopic (exact) mass is 419 g/mol. The fourth-order valence-electron chi connectivity index (χ4n) is 3.14. The third-order valence-corrected chi connectivity index (χ3v) is 6.89. The number of nitrogens with one attached hydrogen (secondary N) is 1. The van der Waals surface area contributed by atoms with Crippen molar-refractivity contribution < 1.29 is 13.2 Å². The number of sulfone groups is 1. The van der Waals surface area contributed by atoms with Crippen molar-refractivity contribution >= 4 is 21.4 Å². The molecule has 6 nitrogen and oxygen atoms in total. The van der Waals surface area contributed by atoms with E-state index < -0.39 is 9.84 Å². The first-order valence-electron chi connectivity index (χ1n) is 9.47. The highest BCUT2D eigenvalue weighted by Gasteiger charge is 2.18. The summed E-state index contributed by atoms with van der Waals surface area (Å²) in [6.45, 7) is 4.14. The summed E-state index contributed by atoms with van der Waals surface area (Å²) in [4.78, 5) is 17.1. The molecule has 0 atom stereocenters. The van der Waals surface area contributed by atoms with E-state index in [4.69, 9.17) is 0 Å². The van der Waals surface area contributed by atoms with E-state index in [9.17, 15) is 13.2 Å². The van der Waals surface area contributed by atoms with E-state index in [2.05, 4.69) is 10.3 Å². The number of hydrogen-bond donors (Lipinski definition) is 1. The summed E-state index contributed by atoms with van der Waals surface area (Å²) in [6.07, 6.45) is 5.17. The van der Waals surface area contributed by atoms with Crippen molar-refractivity contribution in [3.8, 4) is 0 Å². The smallest absolute Gasteiger partial charge is 0.253 e. The lowest BCUT2D eigenvalue weighted by atomic mass is 10.1. The highest BCUT2D eigenvalue weighted by Crippen LogP contribution is 2.23. The third-order valence-electron chi connectivity index (χ3n) is 5.13. The third kappa shape index (κ3) is 3.84. The molecule has 0 saturated heterocycles. The number of amides is 1. The van der Waals surface area contributed by atoms with Crippen molar-refractivity contribution in [2.75, 3.05) is 0 Å². The van der Waals surface area contributed by atoms with Crippen LogP contribution in [-0.4, -0.2) is 23.7 Å². The molecule has 7 heteroatoms. The summed E-state index contributed by atoms with van der Waals surface area (Å²) < 4.78 is 27.5. The minimum atomic E-state index is -3.58. The number of carbonyl (C=O) groups is 1. The van der Waals surface area contributed by atoms with E-state index in [-0.39, 0.29) is 15.7 Å². The van der Waals surface area contributed by atoms with Gasteiger partial charge in [-0.3, -0.25) is 4.79 Å². The quantitative estimate of drug-likeness (QED) is 0.535. The van der Waals surface area contributed by atoms with Crippen LogP contribution >= 0.6 is 0 Å². The van der Waals surface area contributed by atoms with Crippen LogP contribution in [0.15, 0.2) is 83.0 Å². The van der Waals surface area contributed by atoms with Crippen LogP contribution < -0.4 is 5.32 Å². The maximum atomic E-state index is 12.9. The van der Waals surface area contributed by atoms with Crippen molar-refractivity contribution in [1.29, 1.82) is 0 Å². The molecule has 0 bridgehead atoms. The van der Waals surface area contributed by atoms with Gasteiger partial charge in [-0.1, -0.05) is 18.2 Å². The Balaban J connectivity index is 1.46. The molecule has 4 aromatic rings. The molecule has 1 amide bonds. The summed E-state index contributed by atoms with van der Waals surface area (Å²) in [6, 6.07) is 15.2. The minimum absolute atomic E-state index is 0.211. The lowest BCUT2D eigenvalue weighted by Crippen LogP contribution is -2.23. The molecule has 0 saturated carbocycles. The number of carbonyl (C=O) groups excluding carboxylic acids is 1. The van der Waals surface area contributed by atoms with Crippen molar-refractivity contribution in [2.45, 2.75) is 30.2 Å². The van der Waals surface area contributed by atoms with Crippen molar-refractivity contribution in [3.05, 3.63) is 95.4 Å². The number of fused-ring (bicyclic) bond motifs is 1. The Labute approximate surface area is 175 Å². The molecule has 0 spiro atoms. The van der Waals surface area contributed by atoms with Crippen LogP contribution in [0.2, 0.25) is 0 Å². The lowest BCUT2D eigenvalue weighted by Gasteiger charge is -2.09. The molecule has 2 aromatic carbocycles. The average molecular weight is 420 g/mol. The molecule has 4 rings (SSSR count). The number of aryl methyl sites for hydroxylation is 2. The number of aromatic nitrogens is 2. The Morgan fingerprint density at radius 3 is 2.43 bits per heavy atom. The molecule has 0 unspecified atom stereocenters. The van der Waals surface area contributed by atoms with Crippen LogP contribution in [0, 0.1) is 13.8 Å². The van der Waals surface area contributed by atoms with Gasteiger partial charge in [-0.05, 0) is 66.9 Å². The van der Waals surface area contributed by atoms with Gasteiger partial charge >= 0.3 is 0 Å². The fraction of sp³-hybridized carbons (Fsp3) is 0.130. The molecular formula is C23H21N3O3S. The first-order chi connectivity index (χ1) is 14.3. The van der Waals surface area contributed by atoms with E-state index in [0.717, 1.165) is 22.3 Å². The van der Waals surface area contributed by atoms with Gasteiger partial charge in [-0.25, -0.2) is 13.4 Å². The molecular weight excluding hydrogens is 398 g/mol. The van der Waals surface area contributed by atoms with Gasteiger partial charge < -0.3 is 9.72 Å². The zero-order valence-electron chi connectivity index (χ0n) is 16.7. The fourth-order valence-corrected chi connectivity index (χ4v) is 4.49. The Hall–Kier alpha value is -3.45. The Morgan fingerprint density at radius 2 is 1.70 bits per heavy atom. The average Bonchev–Trinajstić information content (AvgIpc) is 3.22. The van der Waals surface area contributed by atoms with Gasteiger partial charge in [-0.2, -0.15) is 0 Å². The molecule has 0 aliphatic heterocycles. The number of pyridine rings is 1. The van der Waals surface area contributed by atoms with Gasteiger partial charge in [0.15, 0.2) is 0 Å². The Bertz CT molecular complexity index is 1340. The van der Waals surface area contributed by atoms with E-state index in [1.165, 1.54) is 0 Å². The molecule has 2 aromatic heterocycles. The van der Waals surface area contributed by atoms with E-state index in [1.54, 1.807) is 71.5 Å². The van der Waals surface area contributed by atoms with E-state index in [1.807, 2.05) is 19.9 Å². The standard InChI is InChI=1S/C23H21N3O3S/c1-16-3-7-21(13-17(16)2)30(28,29)20-8-4-18(5-9-20)14-25-23(27)19-6-10-22-24-11-12-26(22)15-19/h3-13,15H,14H2,1-2H3,(H,25,27). The van der Waals surface area contributed by atoms with Gasteiger partial charge in [0, 0.05) is 25.1 Å². The number of imidazole rings is 1. The second-order valence-corrected chi connectivity index (χ2v) is 9.14. The molecule has 1 N–H and O–H groups in total. The second-order valence-electron chi connectivity index (χ2n) is 7.19. The summed E-state index contributed by atoms with van der Waals surface area (Å²) in [7, 11) is -3.58. The predicted molar refractivity (Wildman–Crippen MR) is 114 cm³/mol. The van der Waals surface area contributed by atoms with Crippen LogP contribution in [0.25, 0.3) is 5.65 Å². The zero-order chi connectivity index (χ0) is 21.3. The normalized spacial score (nSPS) is 11.5. The summed E-state index contributed by atoms with van der Waals surface area (Å²) in [5.74, 6) is -0.211. The van der Waals surface area contributed by atoms with Crippen LogP contribution in [-0.2, 0) is 16.4 Å². The topological polar surface area (TPSA) is 80.5 Å². The van der Waals surface area contributed by atoms with Crippen LogP contribution in [0.5, 0.6) is 0 Å². The SMILES string of the molecule is Cc1ccc(S(=O)(=O)c2ccc(CNC(=O)c3ccc4nccn4c3)cc2)cc1C. The highest BCUT2D eigenvalue weighted by molar-refractivity contribution is 7.91. The maximum absolute atomic E-state index is 12.9. The summed E-state index contributed by atoms with van der Waals surface area (Å²) >= 11 is 0. The molecule has 0 fully saturated rings. The van der Waals surface area contributed by atoms with Crippen molar-refractivity contribution in [3.63, 3.8) is 0 Å². The van der Waals surface area contributed by atoms with Gasteiger partial charge in [-0.15, -0.1) is 0 Å². The van der Waals surface area contributed by atoms with E-state index in [0.29, 0.717) is 12.1 Å². The summed E-state index contributed by atoms with van der Waals surface area (Å²) in [5.41, 5.74) is 4.09. The van der Waals surface area contributed by atoms with Gasteiger partial charge in [0.1, 0.15) is 5.65 Å². The lowest BCUT2D eigenvalue weighted by molar-refractivity contribution is 0.0950. The van der Waals surface area contributed by atoms with Crippen molar-refractivity contribution in [1.82, 2.24) is 14.7 Å². The number of benzene rings is 2. The van der Waals surface area contributed by atoms with Crippen LogP contribution in [0.4, 0.5) is 0 Å². The molecule has 0 aliphatic carbocycles. The molecule has 30 heavy (non-hydrogen) atoms. The van der Waals surface area contributed by atoms with Crippen molar-refractivity contribution in [2.24, 2.45) is 0 Å². The Morgan fingerprint density at radius 1 is 0.967 bits per heavy atom. The number of hydrogen-bond acceptors (Lipinski definition) is 4. The minimum Gasteiger partial charge on any atom is -0.348 e. The zero-order valence-corrected chi connectivity index (χ0v) is 17.5. The second kappa shape index (κ2) is 7.76. The molecule has 152 valence electrons. The van der Waals surface area contributed by atoms with E-state index >= 15 is 0 Å².